The maximum atomic E-state index is 12.0. The molecule has 0 radical (unpaired) electrons. The highest BCUT2D eigenvalue weighted by Gasteiger charge is 2.09. The van der Waals surface area contributed by atoms with E-state index >= 15 is 0 Å². The van der Waals surface area contributed by atoms with Crippen molar-refractivity contribution in [2.24, 2.45) is 0 Å². The Morgan fingerprint density at radius 2 is 1.76 bits per heavy atom. The first-order chi connectivity index (χ1) is 12.0. The summed E-state index contributed by atoms with van der Waals surface area (Å²) < 4.78 is 11.4. The summed E-state index contributed by atoms with van der Waals surface area (Å²) in [6.45, 7) is 6.98. The van der Waals surface area contributed by atoms with Crippen molar-refractivity contribution in [3.63, 3.8) is 0 Å². The summed E-state index contributed by atoms with van der Waals surface area (Å²) in [5.41, 5.74) is 2.29. The lowest BCUT2D eigenvalue weighted by atomic mass is 10.2. The van der Waals surface area contributed by atoms with Crippen molar-refractivity contribution >= 4 is 5.91 Å². The Hall–Kier alpha value is -2.49. The van der Waals surface area contributed by atoms with Crippen molar-refractivity contribution in [3.8, 4) is 11.5 Å². The average molecular weight is 341 g/mol. The Balaban J connectivity index is 1.61. The molecule has 0 bridgehead atoms. The van der Waals surface area contributed by atoms with Crippen LogP contribution in [-0.2, 0) is 4.79 Å². The molecule has 2 rings (SSSR count). The zero-order valence-electron chi connectivity index (χ0n) is 15.2. The summed E-state index contributed by atoms with van der Waals surface area (Å²) in [6, 6.07) is 15.7. The first kappa shape index (κ1) is 18.8. The van der Waals surface area contributed by atoms with Crippen molar-refractivity contribution in [3.05, 3.63) is 59.7 Å². The Morgan fingerprint density at radius 3 is 2.48 bits per heavy atom. The lowest BCUT2D eigenvalue weighted by Crippen LogP contribution is -2.36. The highest BCUT2D eigenvalue weighted by molar-refractivity contribution is 5.76. The molecule has 1 amide bonds. The fourth-order valence-electron chi connectivity index (χ4n) is 2.38. The van der Waals surface area contributed by atoms with E-state index in [0.717, 1.165) is 17.1 Å². The maximum absolute atomic E-state index is 12.0. The number of rotatable bonds is 9. The van der Waals surface area contributed by atoms with Crippen LogP contribution in [0.15, 0.2) is 48.5 Å². The predicted octanol–water partition coefficient (Wildman–Crippen LogP) is 4.05. The summed E-state index contributed by atoms with van der Waals surface area (Å²) >= 11 is 0. The van der Waals surface area contributed by atoms with Crippen LogP contribution in [0.5, 0.6) is 11.5 Å². The van der Waals surface area contributed by atoms with Crippen molar-refractivity contribution in [1.82, 2.24) is 5.32 Å². The smallest absolute Gasteiger partial charge is 0.220 e. The van der Waals surface area contributed by atoms with Gasteiger partial charge in [0.25, 0.3) is 0 Å². The van der Waals surface area contributed by atoms with Crippen LogP contribution in [0, 0.1) is 13.8 Å². The number of hydrogen-bond donors (Lipinski definition) is 1. The molecule has 2 aromatic rings. The number of para-hydroxylation sites is 1. The van der Waals surface area contributed by atoms with E-state index in [-0.39, 0.29) is 11.9 Å². The van der Waals surface area contributed by atoms with Crippen LogP contribution in [-0.4, -0.2) is 25.2 Å². The molecule has 0 aromatic heterocycles. The quantitative estimate of drug-likeness (QED) is 0.700. The first-order valence-electron chi connectivity index (χ1n) is 8.72. The monoisotopic (exact) mass is 341 g/mol. The molecular formula is C21H27NO3. The third kappa shape index (κ3) is 6.87. The van der Waals surface area contributed by atoms with E-state index in [1.54, 1.807) is 0 Å². The van der Waals surface area contributed by atoms with Crippen molar-refractivity contribution in [2.45, 2.75) is 39.7 Å². The molecule has 0 aliphatic carbocycles. The van der Waals surface area contributed by atoms with Crippen LogP contribution in [0.1, 0.15) is 30.9 Å². The van der Waals surface area contributed by atoms with Gasteiger partial charge < -0.3 is 14.8 Å². The molecule has 4 heteroatoms. The predicted molar refractivity (Wildman–Crippen MR) is 100 cm³/mol. The molecular weight excluding hydrogens is 314 g/mol. The molecule has 0 unspecified atom stereocenters. The number of amides is 1. The lowest BCUT2D eigenvalue weighted by Gasteiger charge is -2.16. The molecule has 1 atom stereocenters. The molecule has 25 heavy (non-hydrogen) atoms. The second kappa shape index (κ2) is 9.72. The van der Waals surface area contributed by atoms with Gasteiger partial charge in [-0.05, 0) is 51.0 Å². The molecule has 0 fully saturated rings. The molecule has 0 aliphatic heterocycles. The lowest BCUT2D eigenvalue weighted by molar-refractivity contribution is -0.122. The van der Waals surface area contributed by atoms with Gasteiger partial charge in [-0.15, -0.1) is 0 Å². The van der Waals surface area contributed by atoms with Crippen molar-refractivity contribution in [1.29, 1.82) is 0 Å². The van der Waals surface area contributed by atoms with E-state index in [0.29, 0.717) is 26.1 Å². The molecule has 4 nitrogen and oxygen atoms in total. The van der Waals surface area contributed by atoms with Gasteiger partial charge in [-0.3, -0.25) is 4.79 Å². The summed E-state index contributed by atoms with van der Waals surface area (Å²) in [7, 11) is 0. The van der Waals surface area contributed by atoms with Crippen LogP contribution in [0.4, 0.5) is 0 Å². The number of benzene rings is 2. The minimum absolute atomic E-state index is 0.0217. The van der Waals surface area contributed by atoms with Gasteiger partial charge in [-0.2, -0.15) is 0 Å². The van der Waals surface area contributed by atoms with Crippen molar-refractivity contribution < 1.29 is 14.3 Å². The van der Waals surface area contributed by atoms with Gasteiger partial charge in [0.15, 0.2) is 0 Å². The SMILES string of the molecule is Cc1ccc(OCCCC(=O)N[C@@H](C)COc2ccccc2C)cc1. The molecule has 0 saturated heterocycles. The topological polar surface area (TPSA) is 47.6 Å². The Labute approximate surface area is 150 Å². The number of nitrogens with one attached hydrogen (secondary N) is 1. The van der Waals surface area contributed by atoms with E-state index in [1.807, 2.05) is 69.3 Å². The van der Waals surface area contributed by atoms with E-state index < -0.39 is 0 Å². The summed E-state index contributed by atoms with van der Waals surface area (Å²) in [4.78, 5) is 12.0. The number of aryl methyl sites for hydroxylation is 2. The molecule has 134 valence electrons. The Kier molecular flexibility index (Phi) is 7.33. The van der Waals surface area contributed by atoms with Crippen LogP contribution in [0.25, 0.3) is 0 Å². The Bertz CT molecular complexity index is 667. The number of hydrogen-bond acceptors (Lipinski definition) is 3. The molecule has 0 heterocycles. The minimum Gasteiger partial charge on any atom is -0.494 e. The fraction of sp³-hybridized carbons (Fsp3) is 0.381. The van der Waals surface area contributed by atoms with Gasteiger partial charge in [-0.1, -0.05) is 35.9 Å². The van der Waals surface area contributed by atoms with E-state index in [1.165, 1.54) is 5.56 Å². The number of carbonyl (C=O) groups is 1. The zero-order valence-corrected chi connectivity index (χ0v) is 15.2. The summed E-state index contributed by atoms with van der Waals surface area (Å²) in [5, 5.41) is 2.96. The van der Waals surface area contributed by atoms with Crippen molar-refractivity contribution in [2.75, 3.05) is 13.2 Å². The van der Waals surface area contributed by atoms with Crippen LogP contribution in [0.2, 0.25) is 0 Å². The fourth-order valence-corrected chi connectivity index (χ4v) is 2.38. The summed E-state index contributed by atoms with van der Waals surface area (Å²) in [5.74, 6) is 1.72. The molecule has 0 spiro atoms. The largest absolute Gasteiger partial charge is 0.494 e. The normalized spacial score (nSPS) is 11.6. The van der Waals surface area contributed by atoms with Crippen LogP contribution < -0.4 is 14.8 Å². The van der Waals surface area contributed by atoms with Gasteiger partial charge in [0.1, 0.15) is 18.1 Å². The zero-order chi connectivity index (χ0) is 18.1. The Morgan fingerprint density at radius 1 is 1.04 bits per heavy atom. The second-order valence-electron chi connectivity index (χ2n) is 6.31. The maximum Gasteiger partial charge on any atom is 0.220 e. The van der Waals surface area contributed by atoms with E-state index in [9.17, 15) is 4.79 Å². The highest BCUT2D eigenvalue weighted by Crippen LogP contribution is 2.16. The highest BCUT2D eigenvalue weighted by atomic mass is 16.5. The molecule has 1 N–H and O–H groups in total. The molecule has 0 aliphatic rings. The molecule has 0 saturated carbocycles. The molecule has 2 aromatic carbocycles. The van der Waals surface area contributed by atoms with E-state index in [2.05, 4.69) is 5.32 Å². The van der Waals surface area contributed by atoms with Gasteiger partial charge in [0.05, 0.1) is 12.6 Å². The van der Waals surface area contributed by atoms with E-state index in [4.69, 9.17) is 9.47 Å². The minimum atomic E-state index is -0.0369. The first-order valence-corrected chi connectivity index (χ1v) is 8.72. The second-order valence-corrected chi connectivity index (χ2v) is 6.31. The van der Waals surface area contributed by atoms with Crippen LogP contribution in [0.3, 0.4) is 0 Å². The van der Waals surface area contributed by atoms with Gasteiger partial charge in [0.2, 0.25) is 5.91 Å². The third-order valence-corrected chi connectivity index (χ3v) is 3.83. The average Bonchev–Trinajstić information content (AvgIpc) is 2.59. The standard InChI is InChI=1S/C21H27NO3/c1-16-10-12-19(13-11-16)24-14-6-9-21(23)22-18(3)15-25-20-8-5-4-7-17(20)2/h4-5,7-8,10-13,18H,6,9,14-15H2,1-3H3,(H,22,23)/t18-/m0/s1. The van der Waals surface area contributed by atoms with Gasteiger partial charge in [-0.25, -0.2) is 0 Å². The summed E-state index contributed by atoms with van der Waals surface area (Å²) in [6.07, 6.45) is 1.13. The van der Waals surface area contributed by atoms with Gasteiger partial charge in [0, 0.05) is 6.42 Å². The van der Waals surface area contributed by atoms with Crippen LogP contribution >= 0.6 is 0 Å². The third-order valence-electron chi connectivity index (χ3n) is 3.83. The number of ether oxygens (including phenoxy) is 2. The number of carbonyl (C=O) groups excluding carboxylic acids is 1. The van der Waals surface area contributed by atoms with Gasteiger partial charge >= 0.3 is 0 Å².